The summed E-state index contributed by atoms with van der Waals surface area (Å²) in [6.07, 6.45) is -1.16. The molecule has 3 rings (SSSR count). The molecule has 6 heteroatoms. The van der Waals surface area contributed by atoms with Gasteiger partial charge in [0.15, 0.2) is 6.10 Å². The fourth-order valence-electron chi connectivity index (χ4n) is 2.56. The summed E-state index contributed by atoms with van der Waals surface area (Å²) in [7, 11) is 0. The van der Waals surface area contributed by atoms with Gasteiger partial charge in [-0.2, -0.15) is 10.4 Å². The van der Waals surface area contributed by atoms with E-state index >= 15 is 0 Å². The molecule has 0 aliphatic carbocycles. The number of hydrogen-bond acceptors (Lipinski definition) is 3. The van der Waals surface area contributed by atoms with Crippen LogP contribution in [-0.2, 0) is 6.54 Å². The molecule has 3 aromatic rings. The van der Waals surface area contributed by atoms with Crippen LogP contribution in [0.4, 0.5) is 0 Å². The van der Waals surface area contributed by atoms with Crippen molar-refractivity contribution in [3.05, 3.63) is 63.3 Å². The van der Waals surface area contributed by atoms with E-state index in [1.807, 2.05) is 19.1 Å². The maximum atomic E-state index is 9.73. The summed E-state index contributed by atoms with van der Waals surface area (Å²) in [6, 6.07) is 12.6. The van der Waals surface area contributed by atoms with Crippen LogP contribution in [0.15, 0.2) is 36.4 Å². The Labute approximate surface area is 143 Å². The van der Waals surface area contributed by atoms with Gasteiger partial charge in [-0.15, -0.1) is 0 Å². The van der Waals surface area contributed by atoms with Gasteiger partial charge in [0.05, 0.1) is 23.8 Å². The summed E-state index contributed by atoms with van der Waals surface area (Å²) in [5.74, 6) is 0. The normalized spacial score (nSPS) is 12.3. The van der Waals surface area contributed by atoms with Gasteiger partial charge in [-0.25, -0.2) is 0 Å². The molecule has 1 atom stereocenters. The predicted molar refractivity (Wildman–Crippen MR) is 90.6 cm³/mol. The fraction of sp³-hybridized carbons (Fsp3) is 0.176. The Morgan fingerprint density at radius 1 is 1.26 bits per heavy atom. The van der Waals surface area contributed by atoms with Gasteiger partial charge in [-0.05, 0) is 30.7 Å². The molecule has 1 heterocycles. The Morgan fingerprint density at radius 2 is 1.96 bits per heavy atom. The first-order valence-corrected chi connectivity index (χ1v) is 7.74. The molecule has 0 radical (unpaired) electrons. The molecule has 1 unspecified atom stereocenters. The van der Waals surface area contributed by atoms with Crippen molar-refractivity contribution < 1.29 is 5.11 Å². The zero-order chi connectivity index (χ0) is 16.6. The molecule has 23 heavy (non-hydrogen) atoms. The molecule has 0 spiro atoms. The van der Waals surface area contributed by atoms with Crippen molar-refractivity contribution in [3.63, 3.8) is 0 Å². The minimum atomic E-state index is -1.16. The fourth-order valence-corrected chi connectivity index (χ4v) is 3.07. The van der Waals surface area contributed by atoms with Crippen LogP contribution >= 0.6 is 23.2 Å². The predicted octanol–water partition coefficient (Wildman–Crippen LogP) is 4.26. The number of nitriles is 1. The molecule has 0 saturated carbocycles. The van der Waals surface area contributed by atoms with Crippen LogP contribution < -0.4 is 0 Å². The van der Waals surface area contributed by atoms with E-state index in [0.717, 1.165) is 22.2 Å². The number of nitrogens with zero attached hydrogens (tertiary/aromatic N) is 3. The minimum absolute atomic E-state index is 0.412. The number of aryl methyl sites for hydroxylation is 1. The molecule has 0 saturated heterocycles. The van der Waals surface area contributed by atoms with Crippen LogP contribution in [0.5, 0.6) is 0 Å². The maximum Gasteiger partial charge on any atom is 0.165 e. The molecule has 0 amide bonds. The number of aromatic nitrogens is 2. The molecular weight excluding hydrogens is 333 g/mol. The third-order valence-corrected chi connectivity index (χ3v) is 4.48. The minimum Gasteiger partial charge on any atom is -0.374 e. The molecule has 4 nitrogen and oxygen atoms in total. The first-order chi connectivity index (χ1) is 11.0. The zero-order valence-electron chi connectivity index (χ0n) is 12.3. The second-order valence-electron chi connectivity index (χ2n) is 5.25. The lowest BCUT2D eigenvalue weighted by molar-refractivity contribution is 0.236. The lowest BCUT2D eigenvalue weighted by Crippen LogP contribution is -2.04. The summed E-state index contributed by atoms with van der Waals surface area (Å²) in [6.45, 7) is 2.32. The van der Waals surface area contributed by atoms with Gasteiger partial charge in [-0.1, -0.05) is 41.4 Å². The first kappa shape index (κ1) is 15.8. The van der Waals surface area contributed by atoms with Crippen LogP contribution in [0.3, 0.4) is 0 Å². The van der Waals surface area contributed by atoms with Crippen molar-refractivity contribution in [2.45, 2.75) is 19.6 Å². The molecule has 0 aliphatic rings. The quantitative estimate of drug-likeness (QED) is 0.721. The highest BCUT2D eigenvalue weighted by Crippen LogP contribution is 2.28. The standard InChI is InChI=1S/C17H13Cl2N3O/c1-10-12-6-5-11(17(23)8-20)7-16(12)22(21-10)9-13-14(18)3-2-4-15(13)19/h2-7,17,23H,9H2,1H3. The summed E-state index contributed by atoms with van der Waals surface area (Å²) in [4.78, 5) is 0. The Balaban J connectivity index is 2.12. The van der Waals surface area contributed by atoms with E-state index in [4.69, 9.17) is 28.5 Å². The molecule has 1 N–H and O–H groups in total. The molecule has 116 valence electrons. The van der Waals surface area contributed by atoms with Gasteiger partial charge < -0.3 is 5.11 Å². The molecule has 0 aliphatic heterocycles. The van der Waals surface area contributed by atoms with E-state index in [-0.39, 0.29) is 0 Å². The number of hydrogen-bond donors (Lipinski definition) is 1. The van der Waals surface area contributed by atoms with Crippen molar-refractivity contribution >= 4 is 34.1 Å². The van der Waals surface area contributed by atoms with E-state index in [0.29, 0.717) is 22.2 Å². The Kier molecular flexibility index (Phi) is 4.27. The van der Waals surface area contributed by atoms with Crippen LogP contribution in [0.1, 0.15) is 22.9 Å². The van der Waals surface area contributed by atoms with E-state index in [2.05, 4.69) is 5.10 Å². The highest BCUT2D eigenvalue weighted by molar-refractivity contribution is 6.36. The van der Waals surface area contributed by atoms with Crippen molar-refractivity contribution in [3.8, 4) is 6.07 Å². The van der Waals surface area contributed by atoms with Crippen molar-refractivity contribution in [1.29, 1.82) is 5.26 Å². The molecule has 2 aromatic carbocycles. The summed E-state index contributed by atoms with van der Waals surface area (Å²) >= 11 is 12.5. The molecule has 0 bridgehead atoms. The van der Waals surface area contributed by atoms with Gasteiger partial charge in [0.2, 0.25) is 0 Å². The summed E-state index contributed by atoms with van der Waals surface area (Å²) in [5, 5.41) is 25.3. The number of benzene rings is 2. The monoisotopic (exact) mass is 345 g/mol. The largest absolute Gasteiger partial charge is 0.374 e. The number of aliphatic hydroxyl groups excluding tert-OH is 1. The molecular formula is C17H13Cl2N3O. The van der Waals surface area contributed by atoms with Gasteiger partial charge in [0, 0.05) is 21.0 Å². The van der Waals surface area contributed by atoms with Crippen LogP contribution in [0.25, 0.3) is 10.9 Å². The van der Waals surface area contributed by atoms with Gasteiger partial charge in [-0.3, -0.25) is 4.68 Å². The summed E-state index contributed by atoms with van der Waals surface area (Å²) < 4.78 is 1.78. The van der Waals surface area contributed by atoms with E-state index in [1.54, 1.807) is 35.0 Å². The third kappa shape index (κ3) is 2.91. The van der Waals surface area contributed by atoms with Crippen molar-refractivity contribution in [2.24, 2.45) is 0 Å². The van der Waals surface area contributed by atoms with Gasteiger partial charge >= 0.3 is 0 Å². The van der Waals surface area contributed by atoms with Gasteiger partial charge in [0.1, 0.15) is 0 Å². The topological polar surface area (TPSA) is 61.8 Å². The van der Waals surface area contributed by atoms with Crippen molar-refractivity contribution in [2.75, 3.05) is 0 Å². The highest BCUT2D eigenvalue weighted by atomic mass is 35.5. The SMILES string of the molecule is Cc1nn(Cc2c(Cl)cccc2Cl)c2cc(C(O)C#N)ccc12. The number of fused-ring (bicyclic) bond motifs is 1. The second kappa shape index (κ2) is 6.21. The van der Waals surface area contributed by atoms with E-state index in [9.17, 15) is 5.11 Å². The first-order valence-electron chi connectivity index (χ1n) is 6.99. The van der Waals surface area contributed by atoms with Crippen LogP contribution in [0, 0.1) is 18.3 Å². The maximum absolute atomic E-state index is 9.73. The van der Waals surface area contributed by atoms with E-state index < -0.39 is 6.10 Å². The Bertz CT molecular complexity index is 907. The second-order valence-corrected chi connectivity index (χ2v) is 6.07. The lowest BCUT2D eigenvalue weighted by Gasteiger charge is -2.09. The average Bonchev–Trinajstić information content (AvgIpc) is 2.86. The zero-order valence-corrected chi connectivity index (χ0v) is 13.8. The van der Waals surface area contributed by atoms with E-state index in [1.165, 1.54) is 0 Å². The highest BCUT2D eigenvalue weighted by Gasteiger charge is 2.14. The molecule has 1 aromatic heterocycles. The Hall–Kier alpha value is -2.06. The van der Waals surface area contributed by atoms with Gasteiger partial charge in [0.25, 0.3) is 0 Å². The van der Waals surface area contributed by atoms with Crippen molar-refractivity contribution in [1.82, 2.24) is 9.78 Å². The third-order valence-electron chi connectivity index (χ3n) is 3.77. The molecule has 0 fully saturated rings. The lowest BCUT2D eigenvalue weighted by atomic mass is 10.1. The van der Waals surface area contributed by atoms with Crippen LogP contribution in [-0.4, -0.2) is 14.9 Å². The average molecular weight is 346 g/mol. The number of aliphatic hydroxyl groups is 1. The Morgan fingerprint density at radius 3 is 2.61 bits per heavy atom. The number of halogens is 2. The van der Waals surface area contributed by atoms with Crippen LogP contribution in [0.2, 0.25) is 10.0 Å². The smallest absolute Gasteiger partial charge is 0.165 e. The number of rotatable bonds is 3. The summed E-state index contributed by atoms with van der Waals surface area (Å²) in [5.41, 5.74) is 3.00.